The van der Waals surface area contributed by atoms with Gasteiger partial charge in [-0.05, 0) is 50.1 Å². The first-order valence-corrected chi connectivity index (χ1v) is 19.5. The molecule has 43 heavy (non-hydrogen) atoms. The van der Waals surface area contributed by atoms with Crippen molar-refractivity contribution in [2.75, 3.05) is 13.2 Å². The molecular formula is C38H50O3Si2. The molecule has 4 rings (SSSR count). The SMILES string of the molecule is CC(C)(C)[Si](OCCCCC(O)CO[Si](c1ccccc1)(c1ccccc1)C(C)(C)C)(c1ccccc1)c1ccccc1. The van der Waals surface area contributed by atoms with Crippen LogP contribution in [0.4, 0.5) is 0 Å². The fourth-order valence-electron chi connectivity index (χ4n) is 6.53. The molecule has 0 aliphatic heterocycles. The maximum Gasteiger partial charge on any atom is 0.261 e. The average Bonchev–Trinajstić information content (AvgIpc) is 3.00. The fourth-order valence-corrected chi connectivity index (χ4v) is 15.7. The fraction of sp³-hybridized carbons (Fsp3) is 0.368. The van der Waals surface area contributed by atoms with Crippen LogP contribution >= 0.6 is 0 Å². The Bertz CT molecular complexity index is 1290. The summed E-state index contributed by atoms with van der Waals surface area (Å²) < 4.78 is 14.0. The van der Waals surface area contributed by atoms with Gasteiger partial charge in [0.25, 0.3) is 16.6 Å². The standard InChI is InChI=1S/C38H50O3Si2/c1-37(2,3)42(33-22-11-7-12-23-33,34-24-13-8-14-25-34)40-30-20-19-21-32(39)31-41-43(38(4,5)6,35-26-15-9-16-27-35)36-28-17-10-18-29-36/h7-18,22-29,32,39H,19-21,30-31H2,1-6H3. The third-order valence-corrected chi connectivity index (χ3v) is 18.6. The Hall–Kier alpha value is -2.81. The molecule has 0 aliphatic rings. The van der Waals surface area contributed by atoms with Crippen LogP contribution in [0.25, 0.3) is 0 Å². The third-order valence-electron chi connectivity index (χ3n) is 8.58. The van der Waals surface area contributed by atoms with Crippen LogP contribution in [-0.4, -0.2) is 41.1 Å². The van der Waals surface area contributed by atoms with Crippen molar-refractivity contribution in [3.05, 3.63) is 121 Å². The summed E-state index contributed by atoms with van der Waals surface area (Å²) in [5.74, 6) is 0. The Morgan fingerprint density at radius 3 is 1.16 bits per heavy atom. The van der Waals surface area contributed by atoms with Crippen LogP contribution in [0, 0.1) is 0 Å². The number of hydrogen-bond acceptors (Lipinski definition) is 3. The molecule has 0 fully saturated rings. The first-order chi connectivity index (χ1) is 20.5. The number of hydrogen-bond donors (Lipinski definition) is 1. The molecule has 4 aromatic rings. The van der Waals surface area contributed by atoms with E-state index >= 15 is 0 Å². The second-order valence-electron chi connectivity index (χ2n) is 13.6. The second-order valence-corrected chi connectivity index (χ2v) is 22.2. The summed E-state index contributed by atoms with van der Waals surface area (Å²) in [4.78, 5) is 0. The first-order valence-electron chi connectivity index (χ1n) is 15.7. The van der Waals surface area contributed by atoms with Crippen LogP contribution in [0.2, 0.25) is 10.1 Å². The molecule has 1 N–H and O–H groups in total. The largest absolute Gasteiger partial charge is 0.407 e. The summed E-state index contributed by atoms with van der Waals surface area (Å²) in [5, 5.41) is 16.1. The van der Waals surface area contributed by atoms with E-state index in [-0.39, 0.29) is 10.1 Å². The van der Waals surface area contributed by atoms with Gasteiger partial charge in [-0.1, -0.05) is 163 Å². The summed E-state index contributed by atoms with van der Waals surface area (Å²) in [6, 6.07) is 42.8. The van der Waals surface area contributed by atoms with E-state index in [1.165, 1.54) is 20.7 Å². The Labute approximate surface area is 262 Å². The molecule has 1 atom stereocenters. The molecule has 0 aromatic heterocycles. The van der Waals surface area contributed by atoms with Gasteiger partial charge in [0.05, 0.1) is 12.7 Å². The minimum Gasteiger partial charge on any atom is -0.407 e. The summed E-state index contributed by atoms with van der Waals surface area (Å²) >= 11 is 0. The zero-order valence-corrected chi connectivity index (χ0v) is 28.9. The topological polar surface area (TPSA) is 38.7 Å². The van der Waals surface area contributed by atoms with Crippen LogP contribution in [0.1, 0.15) is 60.8 Å². The molecule has 0 amide bonds. The third kappa shape index (κ3) is 7.30. The van der Waals surface area contributed by atoms with Crippen molar-refractivity contribution in [2.24, 2.45) is 0 Å². The zero-order valence-electron chi connectivity index (χ0n) is 26.9. The first kappa shape index (κ1) is 33.1. The predicted octanol–water partition coefficient (Wildman–Crippen LogP) is 6.67. The van der Waals surface area contributed by atoms with Gasteiger partial charge in [-0.2, -0.15) is 0 Å². The van der Waals surface area contributed by atoms with Crippen molar-refractivity contribution in [1.29, 1.82) is 0 Å². The quantitative estimate of drug-likeness (QED) is 0.136. The number of rotatable bonds is 13. The maximum absolute atomic E-state index is 11.2. The highest BCUT2D eigenvalue weighted by atomic mass is 28.4. The molecule has 1 unspecified atom stereocenters. The lowest BCUT2D eigenvalue weighted by Gasteiger charge is -2.43. The second kappa shape index (κ2) is 14.3. The Morgan fingerprint density at radius 1 is 0.512 bits per heavy atom. The maximum atomic E-state index is 11.2. The smallest absolute Gasteiger partial charge is 0.261 e. The van der Waals surface area contributed by atoms with Crippen molar-refractivity contribution >= 4 is 37.4 Å². The van der Waals surface area contributed by atoms with E-state index < -0.39 is 22.7 Å². The van der Waals surface area contributed by atoms with Crippen LogP contribution in [0.5, 0.6) is 0 Å². The van der Waals surface area contributed by atoms with Crippen LogP contribution < -0.4 is 20.7 Å². The van der Waals surface area contributed by atoms with Crippen molar-refractivity contribution in [3.8, 4) is 0 Å². The Balaban J connectivity index is 1.44. The van der Waals surface area contributed by atoms with Gasteiger partial charge in [0.15, 0.2) is 0 Å². The molecule has 0 bridgehead atoms. The van der Waals surface area contributed by atoms with Crippen molar-refractivity contribution in [1.82, 2.24) is 0 Å². The van der Waals surface area contributed by atoms with E-state index in [1.807, 2.05) is 0 Å². The van der Waals surface area contributed by atoms with Crippen molar-refractivity contribution in [2.45, 2.75) is 77.0 Å². The monoisotopic (exact) mass is 610 g/mol. The lowest BCUT2D eigenvalue weighted by Crippen LogP contribution is -2.67. The van der Waals surface area contributed by atoms with Gasteiger partial charge in [-0.25, -0.2) is 0 Å². The van der Waals surface area contributed by atoms with Gasteiger partial charge < -0.3 is 14.0 Å². The van der Waals surface area contributed by atoms with Gasteiger partial charge in [-0.3, -0.25) is 0 Å². The molecule has 0 saturated carbocycles. The van der Waals surface area contributed by atoms with Crippen molar-refractivity contribution in [3.63, 3.8) is 0 Å². The summed E-state index contributed by atoms with van der Waals surface area (Å²) in [6.45, 7) is 14.7. The van der Waals surface area contributed by atoms with Gasteiger partial charge in [-0.15, -0.1) is 0 Å². The normalized spacial score (nSPS) is 13.6. The summed E-state index contributed by atoms with van der Waals surface area (Å²) in [7, 11) is -5.21. The highest BCUT2D eigenvalue weighted by molar-refractivity contribution is 7.00. The van der Waals surface area contributed by atoms with Crippen LogP contribution in [-0.2, 0) is 8.85 Å². The average molecular weight is 611 g/mol. The molecule has 5 heteroatoms. The molecule has 4 aromatic carbocycles. The van der Waals surface area contributed by atoms with Crippen LogP contribution in [0.15, 0.2) is 121 Å². The van der Waals surface area contributed by atoms with Gasteiger partial charge in [0, 0.05) is 6.61 Å². The highest BCUT2D eigenvalue weighted by Gasteiger charge is 2.51. The van der Waals surface area contributed by atoms with E-state index in [0.29, 0.717) is 19.6 Å². The van der Waals surface area contributed by atoms with Gasteiger partial charge in [0.2, 0.25) is 0 Å². The molecule has 0 heterocycles. The van der Waals surface area contributed by atoms with Crippen molar-refractivity contribution < 1.29 is 14.0 Å². The molecule has 0 saturated heterocycles. The Morgan fingerprint density at radius 2 is 0.837 bits per heavy atom. The van der Waals surface area contributed by atoms with Gasteiger partial charge in [0.1, 0.15) is 0 Å². The number of unbranched alkanes of at least 4 members (excludes halogenated alkanes) is 1. The van der Waals surface area contributed by atoms with E-state index in [2.05, 4.69) is 163 Å². The lowest BCUT2D eigenvalue weighted by molar-refractivity contribution is 0.0916. The van der Waals surface area contributed by atoms with E-state index in [1.54, 1.807) is 0 Å². The molecule has 0 radical (unpaired) electrons. The van der Waals surface area contributed by atoms with E-state index in [9.17, 15) is 5.11 Å². The predicted molar refractivity (Wildman–Crippen MR) is 187 cm³/mol. The Kier molecular flexibility index (Phi) is 11.0. The minimum absolute atomic E-state index is 0.0428. The number of aliphatic hydroxyl groups is 1. The molecular weight excluding hydrogens is 561 g/mol. The zero-order chi connectivity index (χ0) is 31.0. The van der Waals surface area contributed by atoms with E-state index in [4.69, 9.17) is 8.85 Å². The molecule has 0 spiro atoms. The highest BCUT2D eigenvalue weighted by Crippen LogP contribution is 2.38. The molecule has 0 aliphatic carbocycles. The van der Waals surface area contributed by atoms with Crippen LogP contribution in [0.3, 0.4) is 0 Å². The van der Waals surface area contributed by atoms with Gasteiger partial charge >= 0.3 is 0 Å². The number of benzene rings is 4. The molecule has 3 nitrogen and oxygen atoms in total. The lowest BCUT2D eigenvalue weighted by atomic mass is 10.2. The number of aliphatic hydroxyl groups excluding tert-OH is 1. The summed E-state index contributed by atoms with van der Waals surface area (Å²) in [6.07, 6.45) is 1.92. The summed E-state index contributed by atoms with van der Waals surface area (Å²) in [5.41, 5.74) is 0. The minimum atomic E-state index is -2.67. The molecule has 228 valence electrons. The van der Waals surface area contributed by atoms with E-state index in [0.717, 1.165) is 12.8 Å².